The molecule has 0 amide bonds. The van der Waals surface area contributed by atoms with Gasteiger partial charge in [0.25, 0.3) is 0 Å². The van der Waals surface area contributed by atoms with E-state index in [-0.39, 0.29) is 0 Å². The summed E-state index contributed by atoms with van der Waals surface area (Å²) in [6.45, 7) is 4.25. The number of allylic oxidation sites excluding steroid dienone is 4. The number of aromatic nitrogens is 2. The molecule has 0 radical (unpaired) electrons. The van der Waals surface area contributed by atoms with Gasteiger partial charge in [0, 0.05) is 12.2 Å². The number of imidazole rings is 1. The predicted molar refractivity (Wildman–Crippen MR) is 89.5 cm³/mol. The van der Waals surface area contributed by atoms with E-state index in [2.05, 4.69) is 65.1 Å². The van der Waals surface area contributed by atoms with Crippen LogP contribution in [-0.4, -0.2) is 15.4 Å². The summed E-state index contributed by atoms with van der Waals surface area (Å²) in [6.07, 6.45) is 15.5. The molecule has 0 spiro atoms. The van der Waals surface area contributed by atoms with Crippen molar-refractivity contribution in [2.45, 2.75) is 45.6 Å². The molecule has 1 saturated carbocycles. The van der Waals surface area contributed by atoms with Crippen molar-refractivity contribution >= 4 is 16.9 Å². The highest BCUT2D eigenvalue weighted by molar-refractivity contribution is 5.78. The first-order valence-corrected chi connectivity index (χ1v) is 7.93. The van der Waals surface area contributed by atoms with Crippen LogP contribution in [0.4, 0.5) is 5.69 Å². The quantitative estimate of drug-likeness (QED) is 0.886. The second-order valence-electron chi connectivity index (χ2n) is 5.68. The maximum Gasteiger partial charge on any atom is 0.160 e. The van der Waals surface area contributed by atoms with Crippen molar-refractivity contribution in [2.75, 3.05) is 5.32 Å². The Bertz CT molecular complexity index is 675. The zero-order valence-electron chi connectivity index (χ0n) is 12.8. The molecule has 21 heavy (non-hydrogen) atoms. The van der Waals surface area contributed by atoms with Crippen LogP contribution < -0.4 is 5.32 Å². The first-order chi connectivity index (χ1) is 10.3. The molecule has 4 rings (SSSR count). The SMILES string of the molecule is C1=CC(c2cnc3c(NC4CC4)cccn23)=CC1.CCC. The van der Waals surface area contributed by atoms with Gasteiger partial charge in [0.15, 0.2) is 5.65 Å². The highest BCUT2D eigenvalue weighted by atomic mass is 15.1. The van der Waals surface area contributed by atoms with E-state index in [1.165, 1.54) is 30.5 Å². The van der Waals surface area contributed by atoms with Gasteiger partial charge < -0.3 is 5.32 Å². The molecule has 0 atom stereocenters. The van der Waals surface area contributed by atoms with E-state index in [1.807, 2.05) is 6.20 Å². The lowest BCUT2D eigenvalue weighted by Gasteiger charge is -2.07. The Labute approximate surface area is 126 Å². The van der Waals surface area contributed by atoms with Gasteiger partial charge in [0.1, 0.15) is 0 Å². The summed E-state index contributed by atoms with van der Waals surface area (Å²) >= 11 is 0. The van der Waals surface area contributed by atoms with Gasteiger partial charge in [-0.1, -0.05) is 38.5 Å². The fraction of sp³-hybridized carbons (Fsp3) is 0.389. The molecule has 3 heteroatoms. The lowest BCUT2D eigenvalue weighted by Crippen LogP contribution is -2.03. The Hall–Kier alpha value is -2.03. The highest BCUT2D eigenvalue weighted by Crippen LogP contribution is 2.29. The van der Waals surface area contributed by atoms with Crippen molar-refractivity contribution in [2.24, 2.45) is 0 Å². The summed E-state index contributed by atoms with van der Waals surface area (Å²) in [6, 6.07) is 4.85. The Morgan fingerprint density at radius 3 is 2.81 bits per heavy atom. The average Bonchev–Trinajstić information content (AvgIpc) is 2.99. The summed E-state index contributed by atoms with van der Waals surface area (Å²) in [5.74, 6) is 0. The summed E-state index contributed by atoms with van der Waals surface area (Å²) < 4.78 is 2.17. The van der Waals surface area contributed by atoms with Crippen molar-refractivity contribution < 1.29 is 0 Å². The van der Waals surface area contributed by atoms with Crippen LogP contribution in [0.25, 0.3) is 11.2 Å². The van der Waals surface area contributed by atoms with Gasteiger partial charge in [0.05, 0.1) is 17.6 Å². The van der Waals surface area contributed by atoms with Crippen molar-refractivity contribution in [3.8, 4) is 0 Å². The molecule has 0 saturated heterocycles. The first kappa shape index (κ1) is 13.9. The van der Waals surface area contributed by atoms with Crippen molar-refractivity contribution in [3.63, 3.8) is 0 Å². The smallest absolute Gasteiger partial charge is 0.160 e. The van der Waals surface area contributed by atoms with Crippen molar-refractivity contribution in [1.82, 2.24) is 9.38 Å². The number of rotatable bonds is 3. The standard InChI is InChI=1S/C15H15N3.C3H8/c1-2-5-11(4-1)14-10-16-15-13(17-12-7-8-12)6-3-9-18(14)15;1-3-2/h1,3-6,9-10,12,17H,2,7-8H2;3H2,1-2H3. The topological polar surface area (TPSA) is 29.3 Å². The van der Waals surface area contributed by atoms with Crippen LogP contribution >= 0.6 is 0 Å². The fourth-order valence-corrected chi connectivity index (χ4v) is 2.43. The molecule has 2 aliphatic carbocycles. The molecule has 3 nitrogen and oxygen atoms in total. The van der Waals surface area contributed by atoms with Crippen LogP contribution in [0.3, 0.4) is 0 Å². The number of fused-ring (bicyclic) bond motifs is 1. The maximum atomic E-state index is 4.57. The molecule has 2 aromatic rings. The third kappa shape index (κ3) is 3.02. The van der Waals surface area contributed by atoms with Gasteiger partial charge in [-0.25, -0.2) is 4.98 Å². The fourth-order valence-electron chi connectivity index (χ4n) is 2.43. The Morgan fingerprint density at radius 1 is 1.33 bits per heavy atom. The number of nitrogens with one attached hydrogen (secondary N) is 1. The Kier molecular flexibility index (Phi) is 4.09. The summed E-state index contributed by atoms with van der Waals surface area (Å²) in [7, 11) is 0. The molecule has 0 aromatic carbocycles. The molecule has 2 aromatic heterocycles. The van der Waals surface area contributed by atoms with Crippen LogP contribution in [0.2, 0.25) is 0 Å². The summed E-state index contributed by atoms with van der Waals surface area (Å²) in [5, 5.41) is 3.54. The van der Waals surface area contributed by atoms with E-state index < -0.39 is 0 Å². The first-order valence-electron chi connectivity index (χ1n) is 7.93. The third-order valence-corrected chi connectivity index (χ3v) is 3.54. The molecule has 1 N–H and O–H groups in total. The lowest BCUT2D eigenvalue weighted by molar-refractivity contribution is 1.09. The normalized spacial score (nSPS) is 16.6. The van der Waals surface area contributed by atoms with Gasteiger partial charge >= 0.3 is 0 Å². The number of pyridine rings is 1. The Morgan fingerprint density at radius 2 is 2.14 bits per heavy atom. The maximum absolute atomic E-state index is 4.57. The number of anilines is 1. The molecule has 0 aliphatic heterocycles. The lowest BCUT2D eigenvalue weighted by atomic mass is 10.2. The molecule has 2 aliphatic rings. The number of hydrogen-bond acceptors (Lipinski definition) is 2. The summed E-state index contributed by atoms with van der Waals surface area (Å²) in [5.41, 5.74) is 4.62. The van der Waals surface area contributed by atoms with E-state index in [0.29, 0.717) is 6.04 Å². The molecule has 1 fully saturated rings. The minimum Gasteiger partial charge on any atom is -0.379 e. The van der Waals surface area contributed by atoms with Crippen LogP contribution in [-0.2, 0) is 0 Å². The van der Waals surface area contributed by atoms with Crippen molar-refractivity contribution in [3.05, 3.63) is 48.4 Å². The summed E-state index contributed by atoms with van der Waals surface area (Å²) in [4.78, 5) is 4.57. The van der Waals surface area contributed by atoms with E-state index in [1.54, 1.807) is 0 Å². The third-order valence-electron chi connectivity index (χ3n) is 3.54. The minimum atomic E-state index is 0.655. The van der Waals surface area contributed by atoms with E-state index in [0.717, 1.165) is 17.8 Å². The van der Waals surface area contributed by atoms with Crippen LogP contribution in [0, 0.1) is 0 Å². The monoisotopic (exact) mass is 281 g/mol. The van der Waals surface area contributed by atoms with Crippen LogP contribution in [0.1, 0.15) is 45.2 Å². The molecular weight excluding hydrogens is 258 g/mol. The Balaban J connectivity index is 0.000000409. The highest BCUT2D eigenvalue weighted by Gasteiger charge is 2.22. The minimum absolute atomic E-state index is 0.655. The number of hydrogen-bond donors (Lipinski definition) is 1. The van der Waals surface area contributed by atoms with Crippen LogP contribution in [0.5, 0.6) is 0 Å². The second-order valence-corrected chi connectivity index (χ2v) is 5.68. The molecular formula is C18H23N3. The average molecular weight is 281 g/mol. The number of nitrogens with zero attached hydrogens (tertiary/aromatic N) is 2. The van der Waals surface area contributed by atoms with E-state index in [9.17, 15) is 0 Å². The van der Waals surface area contributed by atoms with Gasteiger partial charge in [-0.3, -0.25) is 4.40 Å². The molecule has 0 unspecified atom stereocenters. The molecule has 2 heterocycles. The zero-order chi connectivity index (χ0) is 14.7. The van der Waals surface area contributed by atoms with Crippen molar-refractivity contribution in [1.29, 1.82) is 0 Å². The largest absolute Gasteiger partial charge is 0.379 e. The zero-order valence-corrected chi connectivity index (χ0v) is 12.8. The van der Waals surface area contributed by atoms with Gasteiger partial charge in [-0.15, -0.1) is 0 Å². The second kappa shape index (κ2) is 6.17. The van der Waals surface area contributed by atoms with Crippen LogP contribution in [0.15, 0.2) is 42.8 Å². The molecule has 110 valence electrons. The van der Waals surface area contributed by atoms with E-state index >= 15 is 0 Å². The van der Waals surface area contributed by atoms with E-state index in [4.69, 9.17) is 0 Å². The van der Waals surface area contributed by atoms with Gasteiger partial charge in [-0.05, 0) is 37.0 Å². The molecule has 0 bridgehead atoms. The van der Waals surface area contributed by atoms with Gasteiger partial charge in [0.2, 0.25) is 0 Å². The van der Waals surface area contributed by atoms with Gasteiger partial charge in [-0.2, -0.15) is 0 Å². The predicted octanol–water partition coefficient (Wildman–Crippen LogP) is 4.67.